The average molecular weight is 222 g/mol. The standard InChI is InChI=1S/C12H22N4/c1-5-6-10-11-12(16(4)15-10)14-9(3)8(2)7-13-11/h8-9,13-14H,5-7H2,1-4H3. The quantitative estimate of drug-likeness (QED) is 0.806. The molecule has 0 fully saturated rings. The SMILES string of the molecule is CCCc1nn(C)c2c1NCC(C)C(C)N2. The molecular weight excluding hydrogens is 200 g/mol. The number of rotatable bonds is 2. The predicted molar refractivity (Wildman–Crippen MR) is 67.9 cm³/mol. The van der Waals surface area contributed by atoms with Crippen molar-refractivity contribution in [3.63, 3.8) is 0 Å². The second kappa shape index (κ2) is 4.36. The molecule has 0 saturated heterocycles. The van der Waals surface area contributed by atoms with Crippen LogP contribution in [0.25, 0.3) is 0 Å². The van der Waals surface area contributed by atoms with Crippen LogP contribution in [0, 0.1) is 5.92 Å². The van der Waals surface area contributed by atoms with Gasteiger partial charge in [-0.15, -0.1) is 0 Å². The second-order valence-corrected chi connectivity index (χ2v) is 4.84. The van der Waals surface area contributed by atoms with Gasteiger partial charge in [-0.2, -0.15) is 5.10 Å². The van der Waals surface area contributed by atoms with Crippen molar-refractivity contribution in [2.45, 2.75) is 39.7 Å². The van der Waals surface area contributed by atoms with E-state index in [1.165, 1.54) is 11.4 Å². The van der Waals surface area contributed by atoms with Crippen molar-refractivity contribution in [1.82, 2.24) is 9.78 Å². The minimum Gasteiger partial charge on any atom is -0.380 e. The topological polar surface area (TPSA) is 41.9 Å². The maximum absolute atomic E-state index is 4.57. The van der Waals surface area contributed by atoms with Crippen molar-refractivity contribution < 1.29 is 0 Å². The fourth-order valence-electron chi connectivity index (χ4n) is 2.14. The highest BCUT2D eigenvalue weighted by Crippen LogP contribution is 2.30. The van der Waals surface area contributed by atoms with Crippen LogP contribution in [0.2, 0.25) is 0 Å². The molecule has 2 heterocycles. The van der Waals surface area contributed by atoms with Gasteiger partial charge in [-0.25, -0.2) is 0 Å². The summed E-state index contributed by atoms with van der Waals surface area (Å²) in [6.45, 7) is 7.71. The van der Waals surface area contributed by atoms with Gasteiger partial charge < -0.3 is 10.6 Å². The Morgan fingerprint density at radius 1 is 1.44 bits per heavy atom. The van der Waals surface area contributed by atoms with Gasteiger partial charge in [0.2, 0.25) is 0 Å². The van der Waals surface area contributed by atoms with Gasteiger partial charge in [0.15, 0.2) is 0 Å². The average Bonchev–Trinajstić information content (AvgIpc) is 2.43. The van der Waals surface area contributed by atoms with Gasteiger partial charge in [0.05, 0.1) is 5.69 Å². The molecule has 0 radical (unpaired) electrons. The molecule has 16 heavy (non-hydrogen) atoms. The third kappa shape index (κ3) is 1.88. The maximum atomic E-state index is 4.57. The van der Waals surface area contributed by atoms with Gasteiger partial charge in [-0.05, 0) is 19.3 Å². The first-order chi connectivity index (χ1) is 7.63. The van der Waals surface area contributed by atoms with Gasteiger partial charge in [-0.1, -0.05) is 20.3 Å². The molecule has 4 heteroatoms. The molecule has 2 rings (SSSR count). The lowest BCUT2D eigenvalue weighted by Crippen LogP contribution is -2.26. The molecule has 0 saturated carbocycles. The van der Waals surface area contributed by atoms with Gasteiger partial charge in [0.1, 0.15) is 11.5 Å². The minimum atomic E-state index is 0.485. The fourth-order valence-corrected chi connectivity index (χ4v) is 2.14. The van der Waals surface area contributed by atoms with Gasteiger partial charge >= 0.3 is 0 Å². The molecule has 0 aromatic carbocycles. The maximum Gasteiger partial charge on any atom is 0.148 e. The van der Waals surface area contributed by atoms with Crippen LogP contribution in [-0.2, 0) is 13.5 Å². The lowest BCUT2D eigenvalue weighted by atomic mass is 10.1. The highest BCUT2D eigenvalue weighted by molar-refractivity contribution is 5.69. The molecule has 1 aliphatic heterocycles. The Balaban J connectivity index is 2.34. The third-order valence-electron chi connectivity index (χ3n) is 3.43. The highest BCUT2D eigenvalue weighted by atomic mass is 15.3. The van der Waals surface area contributed by atoms with Gasteiger partial charge in [0, 0.05) is 19.6 Å². The van der Waals surface area contributed by atoms with E-state index >= 15 is 0 Å². The first kappa shape index (κ1) is 11.3. The Morgan fingerprint density at radius 3 is 2.88 bits per heavy atom. The molecule has 0 bridgehead atoms. The highest BCUT2D eigenvalue weighted by Gasteiger charge is 2.23. The van der Waals surface area contributed by atoms with Crippen molar-refractivity contribution in [3.05, 3.63) is 5.69 Å². The van der Waals surface area contributed by atoms with Crippen molar-refractivity contribution >= 4 is 11.5 Å². The van der Waals surface area contributed by atoms with Crippen LogP contribution in [0.4, 0.5) is 11.5 Å². The molecule has 2 unspecified atom stereocenters. The molecule has 0 spiro atoms. The summed E-state index contributed by atoms with van der Waals surface area (Å²) in [7, 11) is 2.01. The Hall–Kier alpha value is -1.19. The fraction of sp³-hybridized carbons (Fsp3) is 0.750. The minimum absolute atomic E-state index is 0.485. The number of nitrogens with zero attached hydrogens (tertiary/aromatic N) is 2. The van der Waals surface area contributed by atoms with E-state index in [1.807, 2.05) is 11.7 Å². The molecule has 2 atom stereocenters. The van der Waals surface area contributed by atoms with Crippen molar-refractivity contribution in [3.8, 4) is 0 Å². The first-order valence-corrected chi connectivity index (χ1v) is 6.19. The van der Waals surface area contributed by atoms with Crippen molar-refractivity contribution in [1.29, 1.82) is 0 Å². The van der Waals surface area contributed by atoms with Crippen LogP contribution in [-0.4, -0.2) is 22.4 Å². The Labute approximate surface area is 97.4 Å². The van der Waals surface area contributed by atoms with Crippen LogP contribution in [0.5, 0.6) is 0 Å². The summed E-state index contributed by atoms with van der Waals surface area (Å²) in [5.41, 5.74) is 2.40. The summed E-state index contributed by atoms with van der Waals surface area (Å²) < 4.78 is 1.96. The molecule has 2 N–H and O–H groups in total. The summed E-state index contributed by atoms with van der Waals surface area (Å²) in [6.07, 6.45) is 2.18. The molecule has 0 amide bonds. The van der Waals surface area contributed by atoms with Gasteiger partial charge in [-0.3, -0.25) is 4.68 Å². The lowest BCUT2D eigenvalue weighted by molar-refractivity contribution is 0.536. The molecule has 1 aromatic rings. The smallest absolute Gasteiger partial charge is 0.148 e. The van der Waals surface area contributed by atoms with Crippen LogP contribution >= 0.6 is 0 Å². The van der Waals surface area contributed by atoms with Crippen LogP contribution in [0.3, 0.4) is 0 Å². The van der Waals surface area contributed by atoms with Gasteiger partial charge in [0.25, 0.3) is 0 Å². The van der Waals surface area contributed by atoms with Crippen LogP contribution < -0.4 is 10.6 Å². The van der Waals surface area contributed by atoms with Crippen LogP contribution in [0.15, 0.2) is 0 Å². The summed E-state index contributed by atoms with van der Waals surface area (Å²) in [6, 6.07) is 0.485. The Morgan fingerprint density at radius 2 is 2.19 bits per heavy atom. The van der Waals surface area contributed by atoms with Crippen molar-refractivity contribution in [2.75, 3.05) is 17.2 Å². The van der Waals surface area contributed by atoms with E-state index in [4.69, 9.17) is 0 Å². The van der Waals surface area contributed by atoms with E-state index in [-0.39, 0.29) is 0 Å². The molecular formula is C12H22N4. The van der Waals surface area contributed by atoms with E-state index in [0.717, 1.165) is 25.2 Å². The molecule has 1 aliphatic rings. The second-order valence-electron chi connectivity index (χ2n) is 4.84. The van der Waals surface area contributed by atoms with E-state index in [2.05, 4.69) is 36.5 Å². The zero-order valence-electron chi connectivity index (χ0n) is 10.7. The number of hydrogen-bond donors (Lipinski definition) is 2. The molecule has 1 aromatic heterocycles. The summed E-state index contributed by atoms with van der Waals surface area (Å²) in [5.74, 6) is 1.77. The number of anilines is 2. The Bertz CT molecular complexity index is 369. The zero-order valence-corrected chi connectivity index (χ0v) is 10.7. The molecule has 90 valence electrons. The van der Waals surface area contributed by atoms with E-state index in [1.54, 1.807) is 0 Å². The lowest BCUT2D eigenvalue weighted by Gasteiger charge is -2.18. The number of nitrogens with one attached hydrogen (secondary N) is 2. The number of fused-ring (bicyclic) bond motifs is 1. The number of hydrogen-bond acceptors (Lipinski definition) is 3. The van der Waals surface area contributed by atoms with E-state index in [0.29, 0.717) is 12.0 Å². The van der Waals surface area contributed by atoms with Crippen LogP contribution in [0.1, 0.15) is 32.9 Å². The first-order valence-electron chi connectivity index (χ1n) is 6.19. The van der Waals surface area contributed by atoms with E-state index < -0.39 is 0 Å². The predicted octanol–water partition coefficient (Wildman–Crippen LogP) is 2.23. The summed E-state index contributed by atoms with van der Waals surface area (Å²) in [4.78, 5) is 0. The monoisotopic (exact) mass is 222 g/mol. The summed E-state index contributed by atoms with van der Waals surface area (Å²) in [5, 5.41) is 11.7. The number of aromatic nitrogens is 2. The normalized spacial score (nSPS) is 24.2. The summed E-state index contributed by atoms with van der Waals surface area (Å²) >= 11 is 0. The van der Waals surface area contributed by atoms with Crippen molar-refractivity contribution in [2.24, 2.45) is 13.0 Å². The Kier molecular flexibility index (Phi) is 3.08. The molecule has 4 nitrogen and oxygen atoms in total. The third-order valence-corrected chi connectivity index (χ3v) is 3.43. The number of aryl methyl sites for hydroxylation is 2. The molecule has 0 aliphatic carbocycles. The largest absolute Gasteiger partial charge is 0.380 e. The van der Waals surface area contributed by atoms with E-state index in [9.17, 15) is 0 Å². The zero-order chi connectivity index (χ0) is 11.7.